The first-order valence-corrected chi connectivity index (χ1v) is 6.27. The van der Waals surface area contributed by atoms with Gasteiger partial charge in [0.05, 0.1) is 16.8 Å². The number of nitriles is 1. The van der Waals surface area contributed by atoms with Crippen LogP contribution in [0.4, 0.5) is 24.5 Å². The second kappa shape index (κ2) is 5.49. The average Bonchev–Trinajstić information content (AvgIpc) is 2.41. The summed E-state index contributed by atoms with van der Waals surface area (Å²) in [6.45, 7) is 3.21. The van der Waals surface area contributed by atoms with E-state index in [2.05, 4.69) is 5.32 Å². The Kier molecular flexibility index (Phi) is 3.90. The molecule has 2 nitrogen and oxygen atoms in total. The highest BCUT2D eigenvalue weighted by Crippen LogP contribution is 2.34. The van der Waals surface area contributed by atoms with Crippen LogP contribution in [0.2, 0.25) is 0 Å². The van der Waals surface area contributed by atoms with Crippen molar-refractivity contribution in [3.05, 3.63) is 58.7 Å². The predicted octanol–water partition coefficient (Wildman–Crippen LogP) is 4.94. The summed E-state index contributed by atoms with van der Waals surface area (Å²) >= 11 is 0. The second-order valence-electron chi connectivity index (χ2n) is 4.76. The van der Waals surface area contributed by atoms with Gasteiger partial charge in [-0.05, 0) is 43.2 Å². The molecule has 0 aliphatic heterocycles. The molecule has 0 bridgehead atoms. The molecular formula is C16H13F3N2. The Morgan fingerprint density at radius 2 is 1.76 bits per heavy atom. The summed E-state index contributed by atoms with van der Waals surface area (Å²) in [7, 11) is 0. The smallest absolute Gasteiger partial charge is 0.354 e. The highest BCUT2D eigenvalue weighted by Gasteiger charge is 2.32. The fourth-order valence-electron chi connectivity index (χ4n) is 2.08. The van der Waals surface area contributed by atoms with Gasteiger partial charge in [-0.1, -0.05) is 18.2 Å². The molecule has 2 rings (SSSR count). The number of aryl methyl sites for hydroxylation is 2. The molecule has 0 aliphatic rings. The third kappa shape index (κ3) is 3.16. The van der Waals surface area contributed by atoms with Crippen LogP contribution in [-0.2, 0) is 6.18 Å². The first-order chi connectivity index (χ1) is 9.82. The lowest BCUT2D eigenvalue weighted by molar-refractivity contribution is -0.138. The largest absolute Gasteiger partial charge is 0.416 e. The van der Waals surface area contributed by atoms with Gasteiger partial charge in [0, 0.05) is 5.69 Å². The molecule has 1 N–H and O–H groups in total. The molecule has 0 aromatic heterocycles. The fourth-order valence-corrected chi connectivity index (χ4v) is 2.08. The van der Waals surface area contributed by atoms with E-state index in [0.29, 0.717) is 16.9 Å². The van der Waals surface area contributed by atoms with Crippen molar-refractivity contribution in [2.45, 2.75) is 20.0 Å². The summed E-state index contributed by atoms with van der Waals surface area (Å²) in [6.07, 6.45) is -4.40. The maximum absolute atomic E-state index is 12.9. The van der Waals surface area contributed by atoms with Crippen LogP contribution in [0.25, 0.3) is 0 Å². The van der Waals surface area contributed by atoms with Gasteiger partial charge in [0.25, 0.3) is 0 Å². The van der Waals surface area contributed by atoms with Gasteiger partial charge in [-0.2, -0.15) is 18.4 Å². The Labute approximate surface area is 120 Å². The van der Waals surface area contributed by atoms with Crippen molar-refractivity contribution in [2.75, 3.05) is 5.32 Å². The molecule has 0 atom stereocenters. The zero-order chi connectivity index (χ0) is 15.6. The summed E-state index contributed by atoms with van der Waals surface area (Å²) < 4.78 is 38.7. The summed E-state index contributed by atoms with van der Waals surface area (Å²) in [4.78, 5) is 0. The molecule has 0 fully saturated rings. The maximum Gasteiger partial charge on any atom is 0.416 e. The van der Waals surface area contributed by atoms with E-state index in [1.54, 1.807) is 31.2 Å². The minimum absolute atomic E-state index is 0.165. The molecule has 0 saturated carbocycles. The summed E-state index contributed by atoms with van der Waals surface area (Å²) in [5, 5.41) is 12.0. The zero-order valence-electron chi connectivity index (χ0n) is 11.5. The predicted molar refractivity (Wildman–Crippen MR) is 75.4 cm³/mol. The van der Waals surface area contributed by atoms with Gasteiger partial charge in [0.15, 0.2) is 0 Å². The highest BCUT2D eigenvalue weighted by molar-refractivity contribution is 5.70. The number of hydrogen-bond acceptors (Lipinski definition) is 2. The van der Waals surface area contributed by atoms with Crippen LogP contribution in [0.1, 0.15) is 22.3 Å². The molecule has 0 radical (unpaired) electrons. The SMILES string of the molecule is Cc1ccc(Nc2c(C)cccc2C#N)cc1C(F)(F)F. The van der Waals surface area contributed by atoms with Crippen molar-refractivity contribution in [1.82, 2.24) is 0 Å². The number of halogens is 3. The Morgan fingerprint density at radius 3 is 2.38 bits per heavy atom. The van der Waals surface area contributed by atoms with Gasteiger partial charge in [0.1, 0.15) is 6.07 Å². The van der Waals surface area contributed by atoms with E-state index < -0.39 is 11.7 Å². The van der Waals surface area contributed by atoms with Gasteiger partial charge < -0.3 is 5.32 Å². The monoisotopic (exact) mass is 290 g/mol. The first kappa shape index (κ1) is 14.9. The summed E-state index contributed by atoms with van der Waals surface area (Å²) in [5.41, 5.74) is 1.50. The van der Waals surface area contributed by atoms with E-state index in [4.69, 9.17) is 5.26 Å². The fraction of sp³-hybridized carbons (Fsp3) is 0.188. The van der Waals surface area contributed by atoms with Gasteiger partial charge in [-0.25, -0.2) is 0 Å². The Morgan fingerprint density at radius 1 is 1.05 bits per heavy atom. The third-order valence-electron chi connectivity index (χ3n) is 3.21. The number of nitrogens with one attached hydrogen (secondary N) is 1. The Bertz CT molecular complexity index is 712. The van der Waals surface area contributed by atoms with Gasteiger partial charge >= 0.3 is 6.18 Å². The minimum Gasteiger partial charge on any atom is -0.354 e. The molecule has 5 heteroatoms. The standard InChI is InChI=1S/C16H13F3N2/c1-10-6-7-13(8-14(10)16(17,18)19)21-15-11(2)4-3-5-12(15)9-20/h3-8,21H,1-2H3. The lowest BCUT2D eigenvalue weighted by Gasteiger charge is -2.15. The second-order valence-corrected chi connectivity index (χ2v) is 4.76. The van der Waals surface area contributed by atoms with E-state index >= 15 is 0 Å². The minimum atomic E-state index is -4.40. The van der Waals surface area contributed by atoms with Crippen molar-refractivity contribution < 1.29 is 13.2 Å². The van der Waals surface area contributed by atoms with Crippen molar-refractivity contribution in [3.8, 4) is 6.07 Å². The molecule has 2 aromatic rings. The van der Waals surface area contributed by atoms with Crippen molar-refractivity contribution >= 4 is 11.4 Å². The summed E-state index contributed by atoms with van der Waals surface area (Å²) in [5.74, 6) is 0. The zero-order valence-corrected chi connectivity index (χ0v) is 11.5. The number of rotatable bonds is 2. The molecule has 21 heavy (non-hydrogen) atoms. The van der Waals surface area contributed by atoms with Crippen molar-refractivity contribution in [2.24, 2.45) is 0 Å². The van der Waals surface area contributed by atoms with Gasteiger partial charge in [-0.3, -0.25) is 0 Å². The number of benzene rings is 2. The van der Waals surface area contributed by atoms with Crippen LogP contribution in [0, 0.1) is 25.2 Å². The molecule has 0 heterocycles. The molecule has 0 saturated heterocycles. The maximum atomic E-state index is 12.9. The molecule has 0 amide bonds. The molecule has 2 aromatic carbocycles. The van der Waals surface area contributed by atoms with Crippen molar-refractivity contribution in [3.63, 3.8) is 0 Å². The first-order valence-electron chi connectivity index (χ1n) is 6.27. The molecule has 108 valence electrons. The van der Waals surface area contributed by atoms with E-state index in [1.165, 1.54) is 13.0 Å². The van der Waals surface area contributed by atoms with Crippen LogP contribution in [0.3, 0.4) is 0 Å². The lowest BCUT2D eigenvalue weighted by atomic mass is 10.1. The Balaban J connectivity index is 2.45. The molecule has 0 unspecified atom stereocenters. The average molecular weight is 290 g/mol. The number of para-hydroxylation sites is 1. The van der Waals surface area contributed by atoms with E-state index in [0.717, 1.165) is 11.6 Å². The molecule has 0 spiro atoms. The van der Waals surface area contributed by atoms with Crippen LogP contribution in [0.5, 0.6) is 0 Å². The van der Waals surface area contributed by atoms with Crippen LogP contribution >= 0.6 is 0 Å². The number of nitrogens with zero attached hydrogens (tertiary/aromatic N) is 1. The van der Waals surface area contributed by atoms with Gasteiger partial charge in [0.2, 0.25) is 0 Å². The highest BCUT2D eigenvalue weighted by atomic mass is 19.4. The van der Waals surface area contributed by atoms with E-state index in [9.17, 15) is 13.2 Å². The lowest BCUT2D eigenvalue weighted by Crippen LogP contribution is -2.08. The van der Waals surface area contributed by atoms with Crippen LogP contribution in [0.15, 0.2) is 36.4 Å². The van der Waals surface area contributed by atoms with E-state index in [1.807, 2.05) is 6.07 Å². The van der Waals surface area contributed by atoms with Crippen LogP contribution in [-0.4, -0.2) is 0 Å². The number of hydrogen-bond donors (Lipinski definition) is 1. The summed E-state index contributed by atoms with van der Waals surface area (Å²) in [6, 6.07) is 11.2. The number of alkyl halides is 3. The number of anilines is 2. The molecular weight excluding hydrogens is 277 g/mol. The Hall–Kier alpha value is -2.48. The van der Waals surface area contributed by atoms with Crippen molar-refractivity contribution in [1.29, 1.82) is 5.26 Å². The van der Waals surface area contributed by atoms with E-state index in [-0.39, 0.29) is 5.56 Å². The molecule has 0 aliphatic carbocycles. The van der Waals surface area contributed by atoms with Crippen LogP contribution < -0.4 is 5.32 Å². The van der Waals surface area contributed by atoms with Gasteiger partial charge in [-0.15, -0.1) is 0 Å². The quantitative estimate of drug-likeness (QED) is 0.850. The third-order valence-corrected chi connectivity index (χ3v) is 3.21. The topological polar surface area (TPSA) is 35.8 Å². The normalized spacial score (nSPS) is 11.0.